The van der Waals surface area contributed by atoms with Crippen molar-refractivity contribution in [1.82, 2.24) is 4.90 Å². The van der Waals surface area contributed by atoms with Crippen LogP contribution in [0.4, 0.5) is 0 Å². The van der Waals surface area contributed by atoms with Crippen molar-refractivity contribution < 1.29 is 9.59 Å². The highest BCUT2D eigenvalue weighted by molar-refractivity contribution is 6.02. The first kappa shape index (κ1) is 12.8. The van der Waals surface area contributed by atoms with Gasteiger partial charge in [0.1, 0.15) is 0 Å². The predicted octanol–water partition coefficient (Wildman–Crippen LogP) is 2.99. The molecule has 0 radical (unpaired) electrons. The molecule has 6 unspecified atom stereocenters. The summed E-state index contributed by atoms with van der Waals surface area (Å²) in [7, 11) is 0. The third-order valence-corrected chi connectivity index (χ3v) is 7.02. The van der Waals surface area contributed by atoms with E-state index in [4.69, 9.17) is 0 Å². The lowest BCUT2D eigenvalue weighted by molar-refractivity contribution is -0.178. The third-order valence-electron chi connectivity index (χ3n) is 7.02. The van der Waals surface area contributed by atoms with Crippen molar-refractivity contribution in [3.63, 3.8) is 0 Å². The van der Waals surface area contributed by atoms with Crippen molar-refractivity contribution in [2.45, 2.75) is 64.3 Å². The Hall–Kier alpha value is -0.860. The second-order valence-electron chi connectivity index (χ2n) is 7.72. The number of nitrogens with zero attached hydrogens (tertiary/aromatic N) is 1. The van der Waals surface area contributed by atoms with E-state index in [0.717, 1.165) is 30.6 Å². The molecule has 4 fully saturated rings. The zero-order valence-electron chi connectivity index (χ0n) is 12.6. The molecule has 20 heavy (non-hydrogen) atoms. The van der Waals surface area contributed by atoms with Gasteiger partial charge in [-0.05, 0) is 55.8 Å². The van der Waals surface area contributed by atoms with Crippen molar-refractivity contribution in [3.8, 4) is 0 Å². The van der Waals surface area contributed by atoms with E-state index < -0.39 is 0 Å². The number of imide groups is 1. The van der Waals surface area contributed by atoms with Gasteiger partial charge in [-0.1, -0.05) is 20.3 Å². The summed E-state index contributed by atoms with van der Waals surface area (Å²) in [6.07, 6.45) is 7.99. The van der Waals surface area contributed by atoms with Crippen molar-refractivity contribution in [2.24, 2.45) is 29.6 Å². The Morgan fingerprint density at radius 1 is 1.40 bits per heavy atom. The minimum absolute atomic E-state index is 0.00498. The van der Waals surface area contributed by atoms with E-state index in [2.05, 4.69) is 0 Å². The van der Waals surface area contributed by atoms with Crippen molar-refractivity contribution in [2.75, 3.05) is 0 Å². The highest BCUT2D eigenvalue weighted by Crippen LogP contribution is 2.67. The smallest absolute Gasteiger partial charge is 0.232 e. The molecule has 3 aliphatic carbocycles. The van der Waals surface area contributed by atoms with Crippen LogP contribution in [0.5, 0.6) is 0 Å². The second-order valence-corrected chi connectivity index (χ2v) is 7.72. The fraction of sp³-hybridized carbons (Fsp3) is 0.882. The molecule has 0 aromatic rings. The van der Waals surface area contributed by atoms with Crippen LogP contribution >= 0.6 is 0 Å². The molecule has 0 aromatic carbocycles. The van der Waals surface area contributed by atoms with Gasteiger partial charge < -0.3 is 0 Å². The maximum absolute atomic E-state index is 12.6. The predicted molar refractivity (Wildman–Crippen MR) is 75.7 cm³/mol. The highest BCUT2D eigenvalue weighted by atomic mass is 16.2. The summed E-state index contributed by atoms with van der Waals surface area (Å²) in [4.78, 5) is 26.5. The molecule has 3 saturated carbocycles. The molecular weight excluding hydrogens is 250 g/mol. The summed E-state index contributed by atoms with van der Waals surface area (Å²) in [5.74, 6) is 3.35. The van der Waals surface area contributed by atoms with Crippen LogP contribution in [0, 0.1) is 29.6 Å². The largest absolute Gasteiger partial charge is 0.275 e. The molecule has 0 N–H and O–H groups in total. The molecule has 2 amide bonds. The van der Waals surface area contributed by atoms with E-state index in [-0.39, 0.29) is 23.3 Å². The van der Waals surface area contributed by atoms with Crippen LogP contribution in [0.3, 0.4) is 0 Å². The first-order valence-electron chi connectivity index (χ1n) is 8.45. The molecule has 1 spiro atoms. The standard InChI is InChI=1S/C17H25NO2/c1-3-10(2)16(20)18-15(19)9-17(18)8-11-7-14(17)13-6-4-5-12(11)13/h10-14H,3-9H2,1-2H3. The number of rotatable bonds is 2. The maximum Gasteiger partial charge on any atom is 0.232 e. The van der Waals surface area contributed by atoms with Crippen LogP contribution in [0.2, 0.25) is 0 Å². The van der Waals surface area contributed by atoms with Crippen LogP contribution in [-0.2, 0) is 9.59 Å². The number of hydrogen-bond acceptors (Lipinski definition) is 2. The molecule has 0 aromatic heterocycles. The van der Waals surface area contributed by atoms with Crippen molar-refractivity contribution in [1.29, 1.82) is 0 Å². The van der Waals surface area contributed by atoms with Gasteiger partial charge in [-0.15, -0.1) is 0 Å². The van der Waals surface area contributed by atoms with Crippen LogP contribution in [0.15, 0.2) is 0 Å². The van der Waals surface area contributed by atoms with Gasteiger partial charge in [0, 0.05) is 5.92 Å². The summed E-state index contributed by atoms with van der Waals surface area (Å²) in [6.45, 7) is 4.00. The Morgan fingerprint density at radius 3 is 2.85 bits per heavy atom. The normalized spacial score (nSPS) is 46.7. The number of carbonyl (C=O) groups is 2. The number of carbonyl (C=O) groups excluding carboxylic acids is 2. The molecule has 1 saturated heterocycles. The van der Waals surface area contributed by atoms with Gasteiger partial charge in [0.25, 0.3) is 0 Å². The van der Waals surface area contributed by atoms with Crippen LogP contribution in [-0.4, -0.2) is 22.3 Å². The summed E-state index contributed by atoms with van der Waals surface area (Å²) >= 11 is 0. The average Bonchev–Trinajstić information content (AvgIpc) is 3.07. The Labute approximate surface area is 121 Å². The monoisotopic (exact) mass is 275 g/mol. The van der Waals surface area contributed by atoms with Gasteiger partial charge in [-0.25, -0.2) is 0 Å². The lowest BCUT2D eigenvalue weighted by Crippen LogP contribution is -2.70. The molecule has 6 atom stereocenters. The molecule has 2 bridgehead atoms. The van der Waals surface area contributed by atoms with E-state index >= 15 is 0 Å². The number of β-lactam (4-membered cyclic amide) rings is 1. The summed E-state index contributed by atoms with van der Waals surface area (Å²) in [5, 5.41) is 0. The van der Waals surface area contributed by atoms with Gasteiger partial charge in [0.2, 0.25) is 11.8 Å². The maximum atomic E-state index is 12.6. The number of fused-ring (bicyclic) bond motifs is 6. The lowest BCUT2D eigenvalue weighted by Gasteiger charge is -2.56. The highest BCUT2D eigenvalue weighted by Gasteiger charge is 2.69. The quantitative estimate of drug-likeness (QED) is 0.727. The first-order chi connectivity index (χ1) is 9.58. The SMILES string of the molecule is CCC(C)C(=O)N1C(=O)CC12CC1CC2C2CCCC12. The van der Waals surface area contributed by atoms with Crippen molar-refractivity contribution >= 4 is 11.8 Å². The van der Waals surface area contributed by atoms with E-state index in [9.17, 15) is 9.59 Å². The fourth-order valence-electron chi connectivity index (χ4n) is 6.01. The van der Waals surface area contributed by atoms with Gasteiger partial charge in [0.05, 0.1) is 12.0 Å². The Kier molecular flexibility index (Phi) is 2.62. The zero-order chi connectivity index (χ0) is 14.1. The van der Waals surface area contributed by atoms with E-state index in [1.807, 2.05) is 13.8 Å². The molecule has 4 aliphatic rings. The molecule has 110 valence electrons. The van der Waals surface area contributed by atoms with Gasteiger partial charge in [0.15, 0.2) is 0 Å². The topological polar surface area (TPSA) is 37.4 Å². The lowest BCUT2D eigenvalue weighted by atomic mass is 9.64. The minimum Gasteiger partial charge on any atom is -0.275 e. The molecule has 1 heterocycles. The first-order valence-corrected chi connectivity index (χ1v) is 8.45. The molecule has 3 heteroatoms. The molecule has 4 rings (SSSR count). The number of amides is 2. The third kappa shape index (κ3) is 1.37. The zero-order valence-corrected chi connectivity index (χ0v) is 12.6. The van der Waals surface area contributed by atoms with Crippen molar-refractivity contribution in [3.05, 3.63) is 0 Å². The van der Waals surface area contributed by atoms with Crippen LogP contribution < -0.4 is 0 Å². The molecule has 1 aliphatic heterocycles. The number of likely N-dealkylation sites (tertiary alicyclic amines) is 1. The minimum atomic E-state index is -0.0478. The van der Waals surface area contributed by atoms with Gasteiger partial charge >= 0.3 is 0 Å². The Balaban J connectivity index is 1.62. The summed E-state index contributed by atoms with van der Waals surface area (Å²) in [6, 6.07) is 0. The Morgan fingerprint density at radius 2 is 2.15 bits per heavy atom. The second kappa shape index (κ2) is 4.08. The van der Waals surface area contributed by atoms with Gasteiger partial charge in [-0.2, -0.15) is 0 Å². The molecular formula is C17H25NO2. The van der Waals surface area contributed by atoms with E-state index in [1.165, 1.54) is 25.7 Å². The van der Waals surface area contributed by atoms with Gasteiger partial charge in [-0.3, -0.25) is 14.5 Å². The average molecular weight is 275 g/mol. The van der Waals surface area contributed by atoms with Crippen LogP contribution in [0.25, 0.3) is 0 Å². The number of hydrogen-bond donors (Lipinski definition) is 0. The Bertz CT molecular complexity index is 474. The molecule has 3 nitrogen and oxygen atoms in total. The summed E-state index contributed by atoms with van der Waals surface area (Å²) in [5.41, 5.74) is -0.0478. The summed E-state index contributed by atoms with van der Waals surface area (Å²) < 4.78 is 0. The van der Waals surface area contributed by atoms with E-state index in [0.29, 0.717) is 12.3 Å². The fourth-order valence-corrected chi connectivity index (χ4v) is 6.01. The van der Waals surface area contributed by atoms with Crippen LogP contribution in [0.1, 0.15) is 58.8 Å². The van der Waals surface area contributed by atoms with E-state index in [1.54, 1.807) is 4.90 Å².